The van der Waals surface area contributed by atoms with Crippen LogP contribution in [0.4, 0.5) is 5.69 Å². The summed E-state index contributed by atoms with van der Waals surface area (Å²) < 4.78 is 1.80. The summed E-state index contributed by atoms with van der Waals surface area (Å²) in [7, 11) is 0. The van der Waals surface area contributed by atoms with Gasteiger partial charge in [0.2, 0.25) is 5.91 Å². The first-order chi connectivity index (χ1) is 15.3. The van der Waals surface area contributed by atoms with E-state index >= 15 is 0 Å². The number of amides is 1. The number of hydrogen-bond donors (Lipinski definition) is 1. The van der Waals surface area contributed by atoms with Gasteiger partial charge in [0.1, 0.15) is 4.83 Å². The van der Waals surface area contributed by atoms with Crippen LogP contribution >= 0.6 is 23.1 Å². The third-order valence-corrected chi connectivity index (χ3v) is 7.97. The lowest BCUT2D eigenvalue weighted by molar-refractivity contribution is -0.113. The van der Waals surface area contributed by atoms with Gasteiger partial charge in [-0.1, -0.05) is 31.7 Å². The molecule has 3 aromatic rings. The van der Waals surface area contributed by atoms with Crippen LogP contribution in [-0.2, 0) is 24.2 Å². The van der Waals surface area contributed by atoms with Crippen molar-refractivity contribution in [1.82, 2.24) is 9.55 Å². The van der Waals surface area contributed by atoms with Crippen molar-refractivity contribution in [1.29, 1.82) is 0 Å². The van der Waals surface area contributed by atoms with Crippen LogP contribution < -0.4 is 10.9 Å². The number of anilines is 1. The summed E-state index contributed by atoms with van der Waals surface area (Å²) in [6.45, 7) is 8.99. The fraction of sp³-hybridized carbons (Fsp3) is 0.480. The summed E-state index contributed by atoms with van der Waals surface area (Å²) >= 11 is 3.02. The second-order valence-corrected chi connectivity index (χ2v) is 11.2. The molecule has 2 heterocycles. The van der Waals surface area contributed by atoms with Gasteiger partial charge in [0, 0.05) is 17.1 Å². The highest BCUT2D eigenvalue weighted by Gasteiger charge is 2.22. The molecule has 1 aromatic carbocycles. The van der Waals surface area contributed by atoms with Gasteiger partial charge in [-0.25, -0.2) is 4.98 Å². The third kappa shape index (κ3) is 5.09. The van der Waals surface area contributed by atoms with Gasteiger partial charge >= 0.3 is 0 Å². The highest BCUT2D eigenvalue weighted by molar-refractivity contribution is 7.99. The molecule has 5 nitrogen and oxygen atoms in total. The number of aryl methyl sites for hydroxylation is 4. The lowest BCUT2D eigenvalue weighted by atomic mass is 9.97. The minimum atomic E-state index is -0.0878. The van der Waals surface area contributed by atoms with Crippen LogP contribution in [0.1, 0.15) is 54.7 Å². The molecule has 170 valence electrons. The SMILES string of the molecule is Cc1cc(C)cc(NC(=O)CSc2nc3sc4c(c3c(=O)n2CCC(C)C)CCCC4)c1. The number of benzene rings is 1. The Kier molecular flexibility index (Phi) is 7.05. The van der Waals surface area contributed by atoms with Gasteiger partial charge in [-0.05, 0) is 80.7 Å². The maximum atomic E-state index is 13.5. The highest BCUT2D eigenvalue weighted by atomic mass is 32.2. The van der Waals surface area contributed by atoms with Gasteiger partial charge in [0.15, 0.2) is 5.16 Å². The van der Waals surface area contributed by atoms with Gasteiger partial charge < -0.3 is 5.32 Å². The highest BCUT2D eigenvalue weighted by Crippen LogP contribution is 2.34. The minimum absolute atomic E-state index is 0.0623. The van der Waals surface area contributed by atoms with Crippen molar-refractivity contribution in [3.05, 3.63) is 50.1 Å². The molecule has 0 atom stereocenters. The molecule has 0 bridgehead atoms. The van der Waals surface area contributed by atoms with Crippen molar-refractivity contribution in [2.75, 3.05) is 11.1 Å². The van der Waals surface area contributed by atoms with E-state index in [0.717, 1.165) is 52.7 Å². The number of nitrogens with zero attached hydrogens (tertiary/aromatic N) is 2. The number of carbonyl (C=O) groups is 1. The zero-order chi connectivity index (χ0) is 22.8. The smallest absolute Gasteiger partial charge is 0.263 e. The van der Waals surface area contributed by atoms with Crippen molar-refractivity contribution in [3.8, 4) is 0 Å². The summed E-state index contributed by atoms with van der Waals surface area (Å²) in [6.07, 6.45) is 5.24. The number of aromatic nitrogens is 2. The van der Waals surface area contributed by atoms with Crippen molar-refractivity contribution in [2.45, 2.75) is 71.5 Å². The number of nitrogens with one attached hydrogen (secondary N) is 1. The number of carbonyl (C=O) groups excluding carboxylic acids is 1. The minimum Gasteiger partial charge on any atom is -0.325 e. The van der Waals surface area contributed by atoms with E-state index in [0.29, 0.717) is 17.6 Å². The molecule has 1 N–H and O–H groups in total. The number of rotatable bonds is 7. The molecular formula is C25H31N3O2S2. The molecule has 1 amide bonds. The zero-order valence-electron chi connectivity index (χ0n) is 19.3. The number of fused-ring (bicyclic) bond motifs is 3. The van der Waals surface area contributed by atoms with Gasteiger partial charge in [0.05, 0.1) is 11.1 Å². The molecule has 0 saturated carbocycles. The summed E-state index contributed by atoms with van der Waals surface area (Å²) in [4.78, 5) is 33.2. The molecule has 0 unspecified atom stereocenters. The Bertz CT molecular complexity index is 1190. The predicted octanol–water partition coefficient (Wildman–Crippen LogP) is 5.73. The van der Waals surface area contributed by atoms with E-state index in [1.54, 1.807) is 15.9 Å². The number of thiophene rings is 1. The summed E-state index contributed by atoms with van der Waals surface area (Å²) in [5.41, 5.74) is 4.32. The standard InChI is InChI=1S/C25H31N3O2S2/c1-15(2)9-10-28-24(30)22-19-7-5-6-8-20(19)32-23(22)27-25(28)31-14-21(29)26-18-12-16(3)11-17(4)13-18/h11-13,15H,5-10,14H2,1-4H3,(H,26,29). The van der Waals surface area contributed by atoms with Crippen molar-refractivity contribution in [2.24, 2.45) is 5.92 Å². The molecule has 0 spiro atoms. The first kappa shape index (κ1) is 23.1. The number of thioether (sulfide) groups is 1. The van der Waals surface area contributed by atoms with Crippen molar-refractivity contribution in [3.63, 3.8) is 0 Å². The van der Waals surface area contributed by atoms with Gasteiger partial charge in [-0.2, -0.15) is 0 Å². The second-order valence-electron chi connectivity index (χ2n) is 9.14. The molecule has 7 heteroatoms. The van der Waals surface area contributed by atoms with Crippen LogP contribution in [0.3, 0.4) is 0 Å². The van der Waals surface area contributed by atoms with E-state index in [2.05, 4.69) is 25.2 Å². The monoisotopic (exact) mass is 469 g/mol. The predicted molar refractivity (Wildman–Crippen MR) is 135 cm³/mol. The average molecular weight is 470 g/mol. The lowest BCUT2D eigenvalue weighted by Gasteiger charge is -2.14. The van der Waals surface area contributed by atoms with E-state index in [4.69, 9.17) is 4.98 Å². The molecule has 0 saturated heterocycles. The maximum absolute atomic E-state index is 13.5. The van der Waals surface area contributed by atoms with Crippen molar-refractivity contribution < 1.29 is 4.79 Å². The Morgan fingerprint density at radius 1 is 1.19 bits per heavy atom. The largest absolute Gasteiger partial charge is 0.325 e. The Hall–Kier alpha value is -2.12. The van der Waals surface area contributed by atoms with E-state index < -0.39 is 0 Å². The Labute approximate surface area is 197 Å². The fourth-order valence-corrected chi connectivity index (χ4v) is 6.42. The lowest BCUT2D eigenvalue weighted by Crippen LogP contribution is -2.25. The van der Waals surface area contributed by atoms with Crippen molar-refractivity contribution >= 4 is 44.9 Å². The Morgan fingerprint density at radius 3 is 2.62 bits per heavy atom. The molecule has 0 radical (unpaired) electrons. The molecular weight excluding hydrogens is 438 g/mol. The average Bonchev–Trinajstić information content (AvgIpc) is 3.09. The fourth-order valence-electron chi connectivity index (χ4n) is 4.29. The molecule has 0 aliphatic heterocycles. The Morgan fingerprint density at radius 2 is 1.91 bits per heavy atom. The van der Waals surface area contributed by atoms with E-state index in [1.807, 2.05) is 26.0 Å². The molecule has 1 aliphatic carbocycles. The van der Waals surface area contributed by atoms with Crippen LogP contribution in [0.2, 0.25) is 0 Å². The van der Waals surface area contributed by atoms with Crippen LogP contribution in [0, 0.1) is 19.8 Å². The molecule has 1 aliphatic rings. The van der Waals surface area contributed by atoms with Crippen LogP contribution in [0.5, 0.6) is 0 Å². The quantitative estimate of drug-likeness (QED) is 0.354. The van der Waals surface area contributed by atoms with Gasteiger partial charge in [-0.15, -0.1) is 11.3 Å². The molecule has 32 heavy (non-hydrogen) atoms. The van der Waals surface area contributed by atoms with E-state index in [-0.39, 0.29) is 17.2 Å². The van der Waals surface area contributed by atoms with Gasteiger partial charge in [-0.3, -0.25) is 14.2 Å². The van der Waals surface area contributed by atoms with Crippen LogP contribution in [0.25, 0.3) is 10.2 Å². The molecule has 4 rings (SSSR count). The van der Waals surface area contributed by atoms with Crippen LogP contribution in [-0.4, -0.2) is 21.2 Å². The van der Waals surface area contributed by atoms with E-state index in [1.165, 1.54) is 28.6 Å². The first-order valence-electron chi connectivity index (χ1n) is 11.4. The normalized spacial score (nSPS) is 13.5. The third-order valence-electron chi connectivity index (χ3n) is 5.81. The zero-order valence-corrected chi connectivity index (χ0v) is 20.9. The summed E-state index contributed by atoms with van der Waals surface area (Å²) in [6, 6.07) is 6.01. The second kappa shape index (κ2) is 9.79. The van der Waals surface area contributed by atoms with Crippen LogP contribution in [0.15, 0.2) is 28.2 Å². The summed E-state index contributed by atoms with van der Waals surface area (Å²) in [5, 5.41) is 4.45. The first-order valence-corrected chi connectivity index (χ1v) is 13.2. The molecule has 2 aromatic heterocycles. The van der Waals surface area contributed by atoms with Gasteiger partial charge in [0.25, 0.3) is 5.56 Å². The van der Waals surface area contributed by atoms with E-state index in [9.17, 15) is 9.59 Å². The number of hydrogen-bond acceptors (Lipinski definition) is 5. The molecule has 0 fully saturated rings. The Balaban J connectivity index is 1.60. The topological polar surface area (TPSA) is 64.0 Å². The summed E-state index contributed by atoms with van der Waals surface area (Å²) in [5.74, 6) is 0.618. The maximum Gasteiger partial charge on any atom is 0.263 e.